The van der Waals surface area contributed by atoms with Crippen LogP contribution in [0.1, 0.15) is 72.8 Å². The lowest BCUT2D eigenvalue weighted by molar-refractivity contribution is -0.251. The normalized spacial score (nSPS) is 27.4. The Morgan fingerprint density at radius 2 is 2.00 bits per heavy atom. The van der Waals surface area contributed by atoms with E-state index in [2.05, 4.69) is 15.2 Å². The van der Waals surface area contributed by atoms with Gasteiger partial charge in [-0.05, 0) is 77.1 Å². The molecule has 10 heteroatoms. The smallest absolute Gasteiger partial charge is 0.254 e. The van der Waals surface area contributed by atoms with Gasteiger partial charge >= 0.3 is 0 Å². The first kappa shape index (κ1) is 28.5. The van der Waals surface area contributed by atoms with Crippen molar-refractivity contribution in [3.8, 4) is 5.75 Å². The highest BCUT2D eigenvalue weighted by atomic mass is 35.5. The van der Waals surface area contributed by atoms with Gasteiger partial charge in [0.25, 0.3) is 11.5 Å². The fraction of sp³-hybridized carbons (Fsp3) is 0.586. The maximum Gasteiger partial charge on any atom is 0.254 e. The average molecular weight is 576 g/mol. The number of ether oxygens (including phenoxy) is 3. The maximum absolute atomic E-state index is 13.4. The second-order valence-electron chi connectivity index (χ2n) is 11.0. The predicted octanol–water partition coefficient (Wildman–Crippen LogP) is 5.06. The molecule has 39 heavy (non-hydrogen) atoms. The zero-order valence-electron chi connectivity index (χ0n) is 23.3. The molecule has 1 saturated carbocycles. The van der Waals surface area contributed by atoms with Crippen LogP contribution < -0.4 is 15.6 Å². The lowest BCUT2D eigenvalue weighted by Crippen LogP contribution is -2.55. The van der Waals surface area contributed by atoms with Gasteiger partial charge in [0.05, 0.1) is 17.8 Å². The zero-order chi connectivity index (χ0) is 27.9. The minimum atomic E-state index is -0.811. The second-order valence-corrected chi connectivity index (χ2v) is 12.3. The number of thioether (sulfide) groups is 1. The summed E-state index contributed by atoms with van der Waals surface area (Å²) < 4.78 is 18.5. The highest BCUT2D eigenvalue weighted by Crippen LogP contribution is 2.47. The fourth-order valence-corrected chi connectivity index (χ4v) is 7.15. The number of hydrogen-bond donors (Lipinski definition) is 2. The molecule has 1 amide bonds. The average Bonchev–Trinajstić information content (AvgIpc) is 2.86. The standard InChI is InChI=1S/C29H38ClN3O5S/c1-16-10-25(39-5)23(28(35)32-16)15-31-27(34)22-11-19(30)12-24-26(22)17(2)37-29(3,38-24)18-6-8-33(9-7-18)20-13-21(14-20)36-4/h10-12,17-18,20-21H,6-9,13-15H2,1-5H3,(H,31,34)(H,32,35). The molecule has 0 bridgehead atoms. The number of aromatic amines is 1. The van der Waals surface area contributed by atoms with E-state index in [0.29, 0.717) is 39.6 Å². The third-order valence-electron chi connectivity index (χ3n) is 8.55. The molecule has 3 heterocycles. The van der Waals surface area contributed by atoms with E-state index in [1.807, 2.05) is 33.1 Å². The number of H-pyrrole nitrogens is 1. The lowest BCUT2D eigenvalue weighted by atomic mass is 9.83. The van der Waals surface area contributed by atoms with Gasteiger partial charge in [0.15, 0.2) is 0 Å². The highest BCUT2D eigenvalue weighted by Gasteiger charge is 2.46. The molecule has 1 aromatic carbocycles. The molecule has 2 fully saturated rings. The molecule has 1 saturated heterocycles. The van der Waals surface area contributed by atoms with E-state index in [4.69, 9.17) is 25.8 Å². The van der Waals surface area contributed by atoms with Gasteiger partial charge in [-0.1, -0.05) is 11.6 Å². The number of carbonyl (C=O) groups excluding carboxylic acids is 1. The van der Waals surface area contributed by atoms with Crippen molar-refractivity contribution in [2.24, 2.45) is 5.92 Å². The first-order valence-electron chi connectivity index (χ1n) is 13.6. The van der Waals surface area contributed by atoms with Crippen molar-refractivity contribution in [2.75, 3.05) is 26.5 Å². The number of methoxy groups -OCH3 is 1. The minimum Gasteiger partial charge on any atom is -0.462 e. The number of nitrogens with one attached hydrogen (secondary N) is 2. The molecule has 2 atom stereocenters. The molecule has 212 valence electrons. The van der Waals surface area contributed by atoms with Crippen molar-refractivity contribution < 1.29 is 19.0 Å². The molecule has 0 radical (unpaired) electrons. The molecule has 2 aliphatic heterocycles. The van der Waals surface area contributed by atoms with Crippen LogP contribution in [0.25, 0.3) is 0 Å². The van der Waals surface area contributed by atoms with Gasteiger partial charge in [0.1, 0.15) is 5.75 Å². The quantitative estimate of drug-likeness (QED) is 0.446. The number of rotatable bonds is 7. The molecular formula is C29H38ClN3O5S. The molecule has 1 aromatic heterocycles. The van der Waals surface area contributed by atoms with E-state index in [0.717, 1.165) is 49.4 Å². The maximum atomic E-state index is 13.4. The number of fused-ring (bicyclic) bond motifs is 1. The van der Waals surface area contributed by atoms with Crippen LogP contribution in [0.3, 0.4) is 0 Å². The first-order chi connectivity index (χ1) is 18.6. The Bertz CT molecular complexity index is 1290. The van der Waals surface area contributed by atoms with Crippen molar-refractivity contribution in [3.63, 3.8) is 0 Å². The molecule has 0 spiro atoms. The number of aryl methyl sites for hydroxylation is 1. The Labute approximate surface area is 239 Å². The van der Waals surface area contributed by atoms with Crippen LogP contribution in [0.15, 0.2) is 27.9 Å². The van der Waals surface area contributed by atoms with E-state index in [1.165, 1.54) is 11.8 Å². The summed E-state index contributed by atoms with van der Waals surface area (Å²) in [5.41, 5.74) is 2.17. The molecule has 8 nitrogen and oxygen atoms in total. The van der Waals surface area contributed by atoms with Gasteiger partial charge in [-0.25, -0.2) is 0 Å². The van der Waals surface area contributed by atoms with Crippen LogP contribution in [0.5, 0.6) is 5.75 Å². The number of benzene rings is 1. The minimum absolute atomic E-state index is 0.102. The first-order valence-corrected chi connectivity index (χ1v) is 15.2. The molecular weight excluding hydrogens is 538 g/mol. The summed E-state index contributed by atoms with van der Waals surface area (Å²) >= 11 is 7.96. The summed E-state index contributed by atoms with van der Waals surface area (Å²) in [7, 11) is 1.79. The monoisotopic (exact) mass is 575 g/mol. The number of hydrogen-bond acceptors (Lipinski definition) is 7. The summed E-state index contributed by atoms with van der Waals surface area (Å²) in [6.07, 6.45) is 6.11. The van der Waals surface area contributed by atoms with E-state index >= 15 is 0 Å². The van der Waals surface area contributed by atoms with Gasteiger partial charge in [-0.3, -0.25) is 9.59 Å². The van der Waals surface area contributed by atoms with Crippen LogP contribution in [0.2, 0.25) is 5.02 Å². The summed E-state index contributed by atoms with van der Waals surface area (Å²) in [5, 5.41) is 3.33. The van der Waals surface area contributed by atoms with E-state index in [-0.39, 0.29) is 30.0 Å². The van der Waals surface area contributed by atoms with Gasteiger partial charge in [0.2, 0.25) is 5.79 Å². The van der Waals surface area contributed by atoms with Crippen LogP contribution >= 0.6 is 23.4 Å². The number of pyridine rings is 1. The number of carbonyl (C=O) groups is 1. The third-order valence-corrected chi connectivity index (χ3v) is 9.57. The Kier molecular flexibility index (Phi) is 8.36. The van der Waals surface area contributed by atoms with E-state index in [1.54, 1.807) is 19.2 Å². The van der Waals surface area contributed by atoms with Gasteiger partial charge in [-0.15, -0.1) is 11.8 Å². The fourth-order valence-electron chi connectivity index (χ4n) is 6.23. The summed E-state index contributed by atoms with van der Waals surface area (Å²) in [6, 6.07) is 5.93. The molecule has 3 aliphatic rings. The van der Waals surface area contributed by atoms with Gasteiger partial charge < -0.3 is 29.4 Å². The van der Waals surface area contributed by atoms with Crippen LogP contribution in [0.4, 0.5) is 0 Å². The number of aromatic nitrogens is 1. The van der Waals surface area contributed by atoms with Crippen molar-refractivity contribution in [1.82, 2.24) is 15.2 Å². The number of likely N-dealkylation sites (tertiary alicyclic amines) is 1. The zero-order valence-corrected chi connectivity index (χ0v) is 24.8. The summed E-state index contributed by atoms with van der Waals surface area (Å²) in [5.74, 6) is -0.339. The van der Waals surface area contributed by atoms with Gasteiger partial charge in [0, 0.05) is 59.3 Å². The van der Waals surface area contributed by atoms with Crippen molar-refractivity contribution >= 4 is 29.3 Å². The topological polar surface area (TPSA) is 92.9 Å². The number of piperidine rings is 1. The Hall–Kier alpha value is -2.04. The van der Waals surface area contributed by atoms with Crippen LogP contribution in [-0.4, -0.2) is 60.2 Å². The van der Waals surface area contributed by atoms with Crippen molar-refractivity contribution in [1.29, 1.82) is 0 Å². The Morgan fingerprint density at radius 3 is 2.67 bits per heavy atom. The van der Waals surface area contributed by atoms with E-state index < -0.39 is 5.79 Å². The van der Waals surface area contributed by atoms with Crippen LogP contribution in [-0.2, 0) is 16.0 Å². The number of halogens is 1. The summed E-state index contributed by atoms with van der Waals surface area (Å²) in [6.45, 7) is 7.92. The third kappa shape index (κ3) is 5.75. The summed E-state index contributed by atoms with van der Waals surface area (Å²) in [4.78, 5) is 32.2. The van der Waals surface area contributed by atoms with Crippen molar-refractivity contribution in [3.05, 3.63) is 56.0 Å². The van der Waals surface area contributed by atoms with Crippen molar-refractivity contribution in [2.45, 2.75) is 81.9 Å². The lowest BCUT2D eigenvalue weighted by Gasteiger charge is -2.49. The Morgan fingerprint density at radius 1 is 1.28 bits per heavy atom. The molecule has 2 aromatic rings. The number of amides is 1. The second kappa shape index (κ2) is 11.4. The molecule has 2 N–H and O–H groups in total. The predicted molar refractivity (Wildman–Crippen MR) is 153 cm³/mol. The largest absolute Gasteiger partial charge is 0.462 e. The molecule has 5 rings (SSSR count). The SMILES string of the molecule is COC1CC(N2CCC(C3(C)Oc4cc(Cl)cc(C(=O)NCc5c(SC)cc(C)[nH]c5=O)c4C(C)O3)CC2)C1. The van der Waals surface area contributed by atoms with Crippen LogP contribution in [0, 0.1) is 12.8 Å². The number of nitrogens with zero attached hydrogens (tertiary/aromatic N) is 1. The molecule has 1 aliphatic carbocycles. The van der Waals surface area contributed by atoms with E-state index in [9.17, 15) is 9.59 Å². The van der Waals surface area contributed by atoms with Gasteiger partial charge in [-0.2, -0.15) is 0 Å². The Balaban J connectivity index is 1.30. The molecule has 2 unspecified atom stereocenters. The highest BCUT2D eigenvalue weighted by molar-refractivity contribution is 7.98.